The summed E-state index contributed by atoms with van der Waals surface area (Å²) in [5, 5.41) is 17.7. The van der Waals surface area contributed by atoms with Gasteiger partial charge in [0.15, 0.2) is 0 Å². The Morgan fingerprint density at radius 1 is 1.30 bits per heavy atom. The lowest BCUT2D eigenvalue weighted by atomic mass is 10.1. The van der Waals surface area contributed by atoms with Crippen LogP contribution in [0.2, 0.25) is 10.0 Å². The summed E-state index contributed by atoms with van der Waals surface area (Å²) in [4.78, 5) is 0. The van der Waals surface area contributed by atoms with Crippen LogP contribution >= 0.6 is 23.2 Å². The third-order valence-corrected chi connectivity index (χ3v) is 3.52. The zero-order valence-corrected chi connectivity index (χ0v) is 12.5. The molecule has 0 saturated heterocycles. The molecular weight excluding hydrogens is 297 g/mol. The molecule has 0 aliphatic heterocycles. The van der Waals surface area contributed by atoms with Crippen molar-refractivity contribution < 1.29 is 5.11 Å². The Hall–Kier alpha value is -1.07. The molecule has 2 rings (SSSR count). The SMILES string of the molecule is OCCn1cc(CNCCc2ccc(Cl)cc2Cl)cn1. The van der Waals surface area contributed by atoms with Crippen molar-refractivity contribution in [2.24, 2.45) is 0 Å². The van der Waals surface area contributed by atoms with Gasteiger partial charge in [0.25, 0.3) is 0 Å². The summed E-state index contributed by atoms with van der Waals surface area (Å²) in [5.74, 6) is 0. The Morgan fingerprint density at radius 3 is 2.90 bits per heavy atom. The lowest BCUT2D eigenvalue weighted by Crippen LogP contribution is -2.16. The van der Waals surface area contributed by atoms with Crippen LogP contribution in [0.5, 0.6) is 0 Å². The quantitative estimate of drug-likeness (QED) is 0.772. The molecule has 0 aliphatic carbocycles. The van der Waals surface area contributed by atoms with Gasteiger partial charge < -0.3 is 10.4 Å². The maximum atomic E-state index is 8.82. The molecule has 1 aromatic heterocycles. The molecule has 0 spiro atoms. The molecule has 0 fully saturated rings. The van der Waals surface area contributed by atoms with Gasteiger partial charge in [-0.2, -0.15) is 5.10 Å². The summed E-state index contributed by atoms with van der Waals surface area (Å²) in [6.45, 7) is 2.20. The van der Waals surface area contributed by atoms with Gasteiger partial charge in [0.2, 0.25) is 0 Å². The first-order chi connectivity index (χ1) is 9.69. The zero-order chi connectivity index (χ0) is 14.4. The molecule has 2 aromatic rings. The number of aromatic nitrogens is 2. The minimum Gasteiger partial charge on any atom is -0.394 e. The van der Waals surface area contributed by atoms with E-state index in [1.54, 1.807) is 16.9 Å². The monoisotopic (exact) mass is 313 g/mol. The van der Waals surface area contributed by atoms with Gasteiger partial charge in [-0.3, -0.25) is 4.68 Å². The average Bonchev–Trinajstić information content (AvgIpc) is 2.85. The van der Waals surface area contributed by atoms with E-state index >= 15 is 0 Å². The van der Waals surface area contributed by atoms with Crippen molar-refractivity contribution >= 4 is 23.2 Å². The topological polar surface area (TPSA) is 50.1 Å². The van der Waals surface area contributed by atoms with Crippen LogP contribution in [0.25, 0.3) is 0 Å². The van der Waals surface area contributed by atoms with Gasteiger partial charge in [0.05, 0.1) is 19.3 Å². The third-order valence-electron chi connectivity index (χ3n) is 2.93. The number of benzene rings is 1. The summed E-state index contributed by atoms with van der Waals surface area (Å²) in [5.41, 5.74) is 2.18. The molecule has 6 heteroatoms. The number of hydrogen-bond acceptors (Lipinski definition) is 3. The molecule has 2 N–H and O–H groups in total. The fourth-order valence-corrected chi connectivity index (χ4v) is 2.41. The van der Waals surface area contributed by atoms with Crippen molar-refractivity contribution in [3.63, 3.8) is 0 Å². The van der Waals surface area contributed by atoms with Crippen molar-refractivity contribution in [1.82, 2.24) is 15.1 Å². The van der Waals surface area contributed by atoms with Crippen LogP contribution in [-0.2, 0) is 19.5 Å². The minimum atomic E-state index is 0.101. The number of aliphatic hydroxyl groups excluding tert-OH is 1. The summed E-state index contributed by atoms with van der Waals surface area (Å²) in [7, 11) is 0. The maximum Gasteiger partial charge on any atom is 0.0640 e. The van der Waals surface area contributed by atoms with E-state index < -0.39 is 0 Å². The van der Waals surface area contributed by atoms with Crippen LogP contribution in [0.1, 0.15) is 11.1 Å². The predicted octanol–water partition coefficient (Wildman–Crippen LogP) is 2.51. The van der Waals surface area contributed by atoms with Crippen LogP contribution in [0.15, 0.2) is 30.6 Å². The smallest absolute Gasteiger partial charge is 0.0640 e. The molecule has 1 aromatic carbocycles. The van der Waals surface area contributed by atoms with E-state index in [1.807, 2.05) is 18.3 Å². The highest BCUT2D eigenvalue weighted by Gasteiger charge is 2.02. The number of hydrogen-bond donors (Lipinski definition) is 2. The van der Waals surface area contributed by atoms with Crippen LogP contribution in [-0.4, -0.2) is 28.0 Å². The first kappa shape index (κ1) is 15.3. The van der Waals surface area contributed by atoms with Crippen molar-refractivity contribution in [3.8, 4) is 0 Å². The highest BCUT2D eigenvalue weighted by Crippen LogP contribution is 2.21. The van der Waals surface area contributed by atoms with Crippen molar-refractivity contribution in [1.29, 1.82) is 0 Å². The molecule has 20 heavy (non-hydrogen) atoms. The molecule has 1 heterocycles. The van der Waals surface area contributed by atoms with E-state index in [1.165, 1.54) is 0 Å². The Labute approximate surface area is 128 Å². The molecule has 108 valence electrons. The molecule has 4 nitrogen and oxygen atoms in total. The zero-order valence-electron chi connectivity index (χ0n) is 11.0. The molecule has 0 amide bonds. The summed E-state index contributed by atoms with van der Waals surface area (Å²) in [6, 6.07) is 5.56. The van der Waals surface area contributed by atoms with E-state index in [2.05, 4.69) is 10.4 Å². The third kappa shape index (κ3) is 4.49. The van der Waals surface area contributed by atoms with Crippen molar-refractivity contribution in [2.75, 3.05) is 13.2 Å². The van der Waals surface area contributed by atoms with Crippen LogP contribution in [0.4, 0.5) is 0 Å². The molecule has 0 saturated carbocycles. The first-order valence-corrected chi connectivity index (χ1v) is 7.21. The molecular formula is C14H17Cl2N3O. The normalized spacial score (nSPS) is 10.9. The van der Waals surface area contributed by atoms with Crippen LogP contribution in [0.3, 0.4) is 0 Å². The van der Waals surface area contributed by atoms with E-state index in [0.29, 0.717) is 16.6 Å². The lowest BCUT2D eigenvalue weighted by Gasteiger charge is -2.06. The number of nitrogens with zero attached hydrogens (tertiary/aromatic N) is 2. The van der Waals surface area contributed by atoms with Gasteiger partial charge >= 0.3 is 0 Å². The molecule has 0 aliphatic rings. The van der Waals surface area contributed by atoms with Gasteiger partial charge in [-0.15, -0.1) is 0 Å². The van der Waals surface area contributed by atoms with E-state index in [9.17, 15) is 0 Å². The summed E-state index contributed by atoms with van der Waals surface area (Å²) >= 11 is 12.0. The summed E-state index contributed by atoms with van der Waals surface area (Å²) in [6.07, 6.45) is 4.58. The number of halogens is 2. The van der Waals surface area contributed by atoms with Gasteiger partial charge in [-0.1, -0.05) is 29.3 Å². The fourth-order valence-electron chi connectivity index (χ4n) is 1.90. The van der Waals surface area contributed by atoms with Crippen LogP contribution < -0.4 is 5.32 Å². The van der Waals surface area contributed by atoms with Crippen molar-refractivity contribution in [2.45, 2.75) is 19.5 Å². The van der Waals surface area contributed by atoms with Crippen LogP contribution in [0, 0.1) is 0 Å². The Balaban J connectivity index is 1.75. The Bertz CT molecular complexity index is 557. The minimum absolute atomic E-state index is 0.101. The first-order valence-electron chi connectivity index (χ1n) is 6.46. The highest BCUT2D eigenvalue weighted by atomic mass is 35.5. The molecule has 0 atom stereocenters. The highest BCUT2D eigenvalue weighted by molar-refractivity contribution is 6.35. The predicted molar refractivity (Wildman–Crippen MR) is 81.2 cm³/mol. The van der Waals surface area contributed by atoms with E-state index in [-0.39, 0.29) is 6.61 Å². The largest absolute Gasteiger partial charge is 0.394 e. The average molecular weight is 314 g/mol. The maximum absolute atomic E-state index is 8.82. The molecule has 0 radical (unpaired) electrons. The van der Waals surface area contributed by atoms with Crippen molar-refractivity contribution in [3.05, 3.63) is 51.8 Å². The number of nitrogens with one attached hydrogen (secondary N) is 1. The molecule has 0 unspecified atom stereocenters. The second-order valence-corrected chi connectivity index (χ2v) is 5.34. The second kappa shape index (κ2) is 7.64. The lowest BCUT2D eigenvalue weighted by molar-refractivity contribution is 0.269. The Kier molecular flexibility index (Phi) is 5.86. The van der Waals surface area contributed by atoms with Gasteiger partial charge in [-0.25, -0.2) is 0 Å². The summed E-state index contributed by atoms with van der Waals surface area (Å²) < 4.78 is 1.73. The molecule has 0 bridgehead atoms. The van der Waals surface area contributed by atoms with Gasteiger partial charge in [0.1, 0.15) is 0 Å². The second-order valence-electron chi connectivity index (χ2n) is 4.50. The number of rotatable bonds is 7. The standard InChI is InChI=1S/C14H17Cl2N3O/c15-13-2-1-12(14(16)7-13)3-4-17-8-11-9-18-19(10-11)5-6-20/h1-2,7,9-10,17,20H,3-6,8H2. The fraction of sp³-hybridized carbons (Fsp3) is 0.357. The van der Waals surface area contributed by atoms with E-state index in [4.69, 9.17) is 28.3 Å². The van der Waals surface area contributed by atoms with Gasteiger partial charge in [-0.05, 0) is 30.7 Å². The number of aliphatic hydroxyl groups is 1. The Morgan fingerprint density at radius 2 is 2.15 bits per heavy atom. The van der Waals surface area contributed by atoms with E-state index in [0.717, 1.165) is 30.6 Å². The van der Waals surface area contributed by atoms with Gasteiger partial charge in [0, 0.05) is 28.4 Å².